The first kappa shape index (κ1) is 16.1. The van der Waals surface area contributed by atoms with E-state index in [9.17, 15) is 0 Å². The summed E-state index contributed by atoms with van der Waals surface area (Å²) in [4.78, 5) is 2.48. The number of piperazine rings is 1. The lowest BCUT2D eigenvalue weighted by Crippen LogP contribution is -2.57. The van der Waals surface area contributed by atoms with Crippen molar-refractivity contribution >= 4 is 12.4 Å². The first-order chi connectivity index (χ1) is 9.81. The lowest BCUT2D eigenvalue weighted by molar-refractivity contribution is -0.0718. The highest BCUT2D eigenvalue weighted by Gasteiger charge is 2.31. The van der Waals surface area contributed by atoms with E-state index in [0.717, 1.165) is 38.3 Å². The van der Waals surface area contributed by atoms with Gasteiger partial charge in [0.15, 0.2) is 0 Å². The molecular weight excluding hydrogens is 290 g/mol. The molecule has 1 N–H and O–H groups in total. The highest BCUT2D eigenvalue weighted by molar-refractivity contribution is 5.85. The largest absolute Gasteiger partial charge is 0.495 e. The SMILES string of the molecule is COc1cc([C@H]2CN3CCNC[C@H]3CO2)ccc1C#N.Cl. The molecule has 1 aromatic rings. The van der Waals surface area contributed by atoms with Gasteiger partial charge in [-0.1, -0.05) is 6.07 Å². The van der Waals surface area contributed by atoms with Crippen LogP contribution in [0, 0.1) is 11.3 Å². The second-order valence-electron chi connectivity index (χ2n) is 5.25. The minimum Gasteiger partial charge on any atom is -0.495 e. The number of rotatable bonds is 2. The van der Waals surface area contributed by atoms with Crippen LogP contribution in [-0.2, 0) is 4.74 Å². The van der Waals surface area contributed by atoms with Gasteiger partial charge >= 0.3 is 0 Å². The molecule has 2 aliphatic heterocycles. The molecule has 0 aliphatic carbocycles. The Hall–Kier alpha value is -1.32. The first-order valence-corrected chi connectivity index (χ1v) is 6.96. The smallest absolute Gasteiger partial charge is 0.136 e. The van der Waals surface area contributed by atoms with E-state index in [0.29, 0.717) is 17.4 Å². The molecule has 5 nitrogen and oxygen atoms in total. The van der Waals surface area contributed by atoms with E-state index >= 15 is 0 Å². The van der Waals surface area contributed by atoms with E-state index in [1.165, 1.54) is 0 Å². The molecule has 0 bridgehead atoms. The predicted octanol–water partition coefficient (Wildman–Crippen LogP) is 1.33. The fraction of sp³-hybridized carbons (Fsp3) is 0.533. The van der Waals surface area contributed by atoms with Crippen LogP contribution in [0.15, 0.2) is 18.2 Å². The van der Waals surface area contributed by atoms with Gasteiger partial charge in [-0.15, -0.1) is 12.4 Å². The van der Waals surface area contributed by atoms with E-state index in [1.807, 2.05) is 12.1 Å². The molecule has 114 valence electrons. The van der Waals surface area contributed by atoms with Crippen molar-refractivity contribution in [3.05, 3.63) is 29.3 Å². The number of benzene rings is 1. The van der Waals surface area contributed by atoms with Gasteiger partial charge < -0.3 is 14.8 Å². The third kappa shape index (κ3) is 3.30. The van der Waals surface area contributed by atoms with Gasteiger partial charge in [0, 0.05) is 32.2 Å². The number of nitrogens with one attached hydrogen (secondary N) is 1. The van der Waals surface area contributed by atoms with Gasteiger partial charge in [0.25, 0.3) is 0 Å². The van der Waals surface area contributed by atoms with E-state index < -0.39 is 0 Å². The molecule has 2 saturated heterocycles. The zero-order valence-electron chi connectivity index (χ0n) is 12.0. The highest BCUT2D eigenvalue weighted by atomic mass is 35.5. The topological polar surface area (TPSA) is 57.5 Å². The molecule has 0 radical (unpaired) electrons. The van der Waals surface area contributed by atoms with E-state index in [2.05, 4.69) is 16.3 Å². The minimum atomic E-state index is 0. The summed E-state index contributed by atoms with van der Waals surface area (Å²) in [6.45, 7) is 4.77. The van der Waals surface area contributed by atoms with Crippen LogP contribution in [0.5, 0.6) is 5.75 Å². The summed E-state index contributed by atoms with van der Waals surface area (Å²) in [5.41, 5.74) is 1.64. The molecule has 0 saturated carbocycles. The summed E-state index contributed by atoms with van der Waals surface area (Å²) in [6.07, 6.45) is 0.0611. The summed E-state index contributed by atoms with van der Waals surface area (Å²) in [6, 6.07) is 8.32. The molecule has 0 aromatic heterocycles. The summed E-state index contributed by atoms with van der Waals surface area (Å²) < 4.78 is 11.3. The molecule has 0 amide bonds. The zero-order chi connectivity index (χ0) is 13.9. The van der Waals surface area contributed by atoms with Crippen molar-refractivity contribution in [2.45, 2.75) is 12.1 Å². The summed E-state index contributed by atoms with van der Waals surface area (Å²) >= 11 is 0. The fourth-order valence-electron chi connectivity index (χ4n) is 2.90. The third-order valence-electron chi connectivity index (χ3n) is 4.08. The molecule has 21 heavy (non-hydrogen) atoms. The van der Waals surface area contributed by atoms with Crippen molar-refractivity contribution in [2.24, 2.45) is 0 Å². The number of methoxy groups -OCH3 is 1. The highest BCUT2D eigenvalue weighted by Crippen LogP contribution is 2.29. The predicted molar refractivity (Wildman–Crippen MR) is 81.9 cm³/mol. The number of hydrogen-bond donors (Lipinski definition) is 1. The Morgan fingerprint density at radius 3 is 3.10 bits per heavy atom. The van der Waals surface area contributed by atoms with Crippen LogP contribution < -0.4 is 10.1 Å². The van der Waals surface area contributed by atoms with Crippen molar-refractivity contribution in [3.8, 4) is 11.8 Å². The van der Waals surface area contributed by atoms with E-state index in [4.69, 9.17) is 14.7 Å². The Labute approximate surface area is 131 Å². The number of hydrogen-bond acceptors (Lipinski definition) is 5. The second-order valence-corrected chi connectivity index (χ2v) is 5.25. The quantitative estimate of drug-likeness (QED) is 0.893. The lowest BCUT2D eigenvalue weighted by Gasteiger charge is -2.42. The molecule has 0 spiro atoms. The average molecular weight is 310 g/mol. The maximum absolute atomic E-state index is 9.03. The molecule has 2 heterocycles. The van der Waals surface area contributed by atoms with Gasteiger partial charge in [0.2, 0.25) is 0 Å². The summed E-state index contributed by atoms with van der Waals surface area (Å²) in [5, 5.41) is 12.4. The third-order valence-corrected chi connectivity index (χ3v) is 4.08. The van der Waals surface area contributed by atoms with Crippen molar-refractivity contribution in [1.82, 2.24) is 10.2 Å². The number of ether oxygens (including phenoxy) is 2. The van der Waals surface area contributed by atoms with Gasteiger partial charge in [-0.05, 0) is 17.7 Å². The Morgan fingerprint density at radius 2 is 2.33 bits per heavy atom. The standard InChI is InChI=1S/C15H19N3O2.ClH/c1-19-14-6-11(2-3-12(14)7-16)15-9-18-5-4-17-8-13(18)10-20-15;/h2-3,6,13,15,17H,4-5,8-10H2,1H3;1H/t13-,15+;/m0./s1. The number of nitrogens with zero attached hydrogens (tertiary/aromatic N) is 2. The molecule has 2 atom stereocenters. The van der Waals surface area contributed by atoms with Crippen LogP contribution >= 0.6 is 12.4 Å². The molecular formula is C15H20ClN3O2. The van der Waals surface area contributed by atoms with Crippen molar-refractivity contribution in [1.29, 1.82) is 5.26 Å². The number of halogens is 1. The zero-order valence-corrected chi connectivity index (χ0v) is 12.9. The molecule has 1 aromatic carbocycles. The van der Waals surface area contributed by atoms with Crippen LogP contribution in [0.3, 0.4) is 0 Å². The Morgan fingerprint density at radius 1 is 1.48 bits per heavy atom. The van der Waals surface area contributed by atoms with Crippen LogP contribution in [0.2, 0.25) is 0 Å². The number of morpholine rings is 1. The van der Waals surface area contributed by atoms with Gasteiger partial charge in [-0.3, -0.25) is 4.90 Å². The van der Waals surface area contributed by atoms with Crippen LogP contribution in [0.1, 0.15) is 17.2 Å². The molecule has 6 heteroatoms. The lowest BCUT2D eigenvalue weighted by atomic mass is 10.0. The van der Waals surface area contributed by atoms with Gasteiger partial charge in [0.1, 0.15) is 11.8 Å². The van der Waals surface area contributed by atoms with Crippen molar-refractivity contribution < 1.29 is 9.47 Å². The average Bonchev–Trinajstić information content (AvgIpc) is 2.53. The van der Waals surface area contributed by atoms with Crippen LogP contribution in [-0.4, -0.2) is 50.8 Å². The molecule has 2 fully saturated rings. The maximum Gasteiger partial charge on any atom is 0.136 e. The van der Waals surface area contributed by atoms with Crippen molar-refractivity contribution in [3.63, 3.8) is 0 Å². The second kappa shape index (κ2) is 7.10. The Bertz CT molecular complexity index is 532. The Balaban J connectivity index is 0.00000161. The van der Waals surface area contributed by atoms with Crippen molar-refractivity contribution in [2.75, 3.05) is 39.9 Å². The van der Waals surface area contributed by atoms with Gasteiger partial charge in [0.05, 0.1) is 25.4 Å². The van der Waals surface area contributed by atoms with Crippen LogP contribution in [0.25, 0.3) is 0 Å². The molecule has 0 unspecified atom stereocenters. The van der Waals surface area contributed by atoms with Gasteiger partial charge in [-0.2, -0.15) is 5.26 Å². The van der Waals surface area contributed by atoms with Gasteiger partial charge in [-0.25, -0.2) is 0 Å². The van der Waals surface area contributed by atoms with E-state index in [1.54, 1.807) is 13.2 Å². The van der Waals surface area contributed by atoms with Crippen LogP contribution in [0.4, 0.5) is 0 Å². The number of fused-ring (bicyclic) bond motifs is 1. The minimum absolute atomic E-state index is 0. The Kier molecular flexibility index (Phi) is 5.43. The van der Waals surface area contributed by atoms with E-state index in [-0.39, 0.29) is 18.5 Å². The normalized spacial score (nSPS) is 25.3. The summed E-state index contributed by atoms with van der Waals surface area (Å²) in [5.74, 6) is 0.621. The monoisotopic (exact) mass is 309 g/mol. The molecule has 2 aliphatic rings. The summed E-state index contributed by atoms with van der Waals surface area (Å²) in [7, 11) is 1.59. The fourth-order valence-corrected chi connectivity index (χ4v) is 2.90. The first-order valence-electron chi connectivity index (χ1n) is 6.96. The maximum atomic E-state index is 9.03. The molecule has 3 rings (SSSR count). The number of nitriles is 1.